The number of thiophene rings is 1. The van der Waals surface area contributed by atoms with Crippen molar-refractivity contribution in [2.24, 2.45) is 0 Å². The second-order valence-electron chi connectivity index (χ2n) is 6.85. The lowest BCUT2D eigenvalue weighted by Crippen LogP contribution is -2.19. The minimum atomic E-state index is -0.996. The number of aromatic carboxylic acids is 1. The Labute approximate surface area is 179 Å². The molecule has 0 radical (unpaired) electrons. The van der Waals surface area contributed by atoms with Crippen LogP contribution in [-0.2, 0) is 6.42 Å². The van der Waals surface area contributed by atoms with Gasteiger partial charge in [0.05, 0.1) is 11.3 Å². The summed E-state index contributed by atoms with van der Waals surface area (Å²) in [7, 11) is 1.60. The Morgan fingerprint density at radius 2 is 1.76 bits per heavy atom. The molecule has 1 unspecified atom stereocenters. The molecule has 0 saturated heterocycles. The van der Waals surface area contributed by atoms with Gasteiger partial charge in [0.1, 0.15) is 10.6 Å². The lowest BCUT2D eigenvalue weighted by molar-refractivity contribution is 0.0701. The van der Waals surface area contributed by atoms with Crippen LogP contribution in [0.15, 0.2) is 58.8 Å². The summed E-state index contributed by atoms with van der Waals surface area (Å²) in [6.45, 7) is 2.08. The van der Waals surface area contributed by atoms with Crippen molar-refractivity contribution >= 4 is 35.7 Å². The van der Waals surface area contributed by atoms with Gasteiger partial charge < -0.3 is 9.84 Å². The van der Waals surface area contributed by atoms with E-state index in [-0.39, 0.29) is 16.6 Å². The zero-order valence-electron chi connectivity index (χ0n) is 16.2. The second kappa shape index (κ2) is 9.29. The number of methoxy groups -OCH3 is 1. The van der Waals surface area contributed by atoms with Gasteiger partial charge in [-0.15, -0.1) is 24.0 Å². The Morgan fingerprint density at radius 1 is 1.10 bits per heavy atom. The zero-order valence-corrected chi connectivity index (χ0v) is 17.9. The summed E-state index contributed by atoms with van der Waals surface area (Å²) in [4.78, 5) is 24.0. The summed E-state index contributed by atoms with van der Waals surface area (Å²) in [5.41, 5.74) is 3.46. The Balaban J connectivity index is 0.000000290. The molecule has 4 rings (SSSR count). The van der Waals surface area contributed by atoms with Gasteiger partial charge in [0.25, 0.3) is 0 Å². The number of ether oxygens (including phenoxy) is 1. The molecule has 29 heavy (non-hydrogen) atoms. The SMILES string of the molecule is COc1ccc(C2CC(=O)c3c(S)sc(C(=O)O)c3C2)cc1.Cc1ccccc1. The zero-order chi connectivity index (χ0) is 21.0. The maximum Gasteiger partial charge on any atom is 0.346 e. The third-order valence-electron chi connectivity index (χ3n) is 4.87. The summed E-state index contributed by atoms with van der Waals surface area (Å²) >= 11 is 5.34. The Bertz CT molecular complexity index is 1010. The topological polar surface area (TPSA) is 63.6 Å². The number of aryl methyl sites for hydroxylation is 1. The number of hydrogen-bond donors (Lipinski definition) is 2. The first-order valence-electron chi connectivity index (χ1n) is 9.17. The normalized spacial score (nSPS) is 15.1. The highest BCUT2D eigenvalue weighted by Gasteiger charge is 2.33. The van der Waals surface area contributed by atoms with Crippen molar-refractivity contribution in [3.05, 3.63) is 81.7 Å². The van der Waals surface area contributed by atoms with Crippen molar-refractivity contribution < 1.29 is 19.4 Å². The molecule has 1 aliphatic rings. The molecule has 1 heterocycles. The molecule has 4 nitrogen and oxygen atoms in total. The van der Waals surface area contributed by atoms with Gasteiger partial charge in [-0.2, -0.15) is 0 Å². The Kier molecular flexibility index (Phi) is 6.77. The number of benzene rings is 2. The fourth-order valence-electron chi connectivity index (χ4n) is 3.40. The summed E-state index contributed by atoms with van der Waals surface area (Å²) in [6, 6.07) is 17.8. The van der Waals surface area contributed by atoms with E-state index in [2.05, 4.69) is 31.7 Å². The maximum atomic E-state index is 12.4. The van der Waals surface area contributed by atoms with Gasteiger partial charge in [0, 0.05) is 12.0 Å². The predicted octanol–water partition coefficient (Wildman–Crippen LogP) is 5.65. The number of carboxylic acids is 1. The molecule has 0 spiro atoms. The molecule has 0 fully saturated rings. The molecular formula is C23H22O4S2. The van der Waals surface area contributed by atoms with Crippen molar-refractivity contribution in [3.63, 3.8) is 0 Å². The van der Waals surface area contributed by atoms with Gasteiger partial charge >= 0.3 is 5.97 Å². The van der Waals surface area contributed by atoms with Crippen LogP contribution in [0.5, 0.6) is 5.75 Å². The summed E-state index contributed by atoms with van der Waals surface area (Å²) in [5, 5.41) is 9.31. The molecule has 6 heteroatoms. The molecule has 1 aromatic heterocycles. The van der Waals surface area contributed by atoms with E-state index in [4.69, 9.17) is 4.74 Å². The highest BCUT2D eigenvalue weighted by atomic mass is 32.2. The van der Waals surface area contributed by atoms with E-state index in [1.807, 2.05) is 42.5 Å². The van der Waals surface area contributed by atoms with E-state index in [0.717, 1.165) is 22.6 Å². The molecule has 0 aliphatic heterocycles. The Morgan fingerprint density at radius 3 is 2.28 bits per heavy atom. The number of rotatable bonds is 3. The average Bonchev–Trinajstić information content (AvgIpc) is 3.06. The van der Waals surface area contributed by atoms with Crippen LogP contribution in [0.1, 0.15) is 49.1 Å². The predicted molar refractivity (Wildman–Crippen MR) is 118 cm³/mol. The van der Waals surface area contributed by atoms with E-state index in [9.17, 15) is 14.7 Å². The number of carboxylic acid groups (broad SMARTS) is 1. The van der Waals surface area contributed by atoms with Gasteiger partial charge in [0.15, 0.2) is 5.78 Å². The molecule has 0 amide bonds. The lowest BCUT2D eigenvalue weighted by atomic mass is 9.80. The maximum absolute atomic E-state index is 12.4. The molecule has 150 valence electrons. The summed E-state index contributed by atoms with van der Waals surface area (Å²) in [6.07, 6.45) is 0.925. The largest absolute Gasteiger partial charge is 0.497 e. The summed E-state index contributed by atoms with van der Waals surface area (Å²) < 4.78 is 5.64. The van der Waals surface area contributed by atoms with Gasteiger partial charge in [-0.05, 0) is 42.5 Å². The number of carbonyl (C=O) groups is 2. The average molecular weight is 427 g/mol. The van der Waals surface area contributed by atoms with Crippen LogP contribution in [0, 0.1) is 6.92 Å². The monoisotopic (exact) mass is 426 g/mol. The van der Waals surface area contributed by atoms with Gasteiger partial charge in [-0.1, -0.05) is 48.0 Å². The standard InChI is InChI=1S/C16H14O4S2.C7H8/c1-20-10-4-2-8(3-5-10)9-6-11-13(12(17)7-9)16(21)22-14(11)15(18)19;1-7-5-3-2-4-6-7/h2-5,9,21H,6-7H2,1H3,(H,18,19);2-6H,1H3. The van der Waals surface area contributed by atoms with E-state index < -0.39 is 5.97 Å². The number of hydrogen-bond acceptors (Lipinski definition) is 5. The molecule has 0 bridgehead atoms. The second-order valence-corrected chi connectivity index (χ2v) is 8.62. The fraction of sp³-hybridized carbons (Fsp3) is 0.217. The van der Waals surface area contributed by atoms with Crippen LogP contribution in [-0.4, -0.2) is 24.0 Å². The molecule has 0 saturated carbocycles. The van der Waals surface area contributed by atoms with Crippen molar-refractivity contribution in [1.29, 1.82) is 0 Å². The summed E-state index contributed by atoms with van der Waals surface area (Å²) in [5.74, 6) is -0.280. The van der Waals surface area contributed by atoms with Crippen LogP contribution in [0.25, 0.3) is 0 Å². The number of ketones is 1. The van der Waals surface area contributed by atoms with E-state index in [0.29, 0.717) is 28.2 Å². The first kappa shape index (κ1) is 21.1. The van der Waals surface area contributed by atoms with Crippen LogP contribution >= 0.6 is 24.0 Å². The quantitative estimate of drug-likeness (QED) is 0.531. The van der Waals surface area contributed by atoms with Crippen LogP contribution in [0.4, 0.5) is 0 Å². The van der Waals surface area contributed by atoms with Crippen molar-refractivity contribution in [3.8, 4) is 5.75 Å². The third-order valence-corrected chi connectivity index (χ3v) is 6.39. The first-order chi connectivity index (χ1) is 13.9. The van der Waals surface area contributed by atoms with Gasteiger partial charge in [-0.3, -0.25) is 4.79 Å². The Hall–Kier alpha value is -2.57. The lowest BCUT2D eigenvalue weighted by Gasteiger charge is -2.23. The van der Waals surface area contributed by atoms with Gasteiger partial charge in [-0.25, -0.2) is 4.79 Å². The van der Waals surface area contributed by atoms with Crippen molar-refractivity contribution in [2.45, 2.75) is 29.9 Å². The number of thiol groups is 1. The van der Waals surface area contributed by atoms with E-state index in [1.165, 1.54) is 5.56 Å². The minimum Gasteiger partial charge on any atom is -0.497 e. The van der Waals surface area contributed by atoms with Crippen LogP contribution < -0.4 is 4.74 Å². The smallest absolute Gasteiger partial charge is 0.346 e. The molecule has 1 atom stereocenters. The highest BCUT2D eigenvalue weighted by molar-refractivity contribution is 7.83. The third kappa shape index (κ3) is 4.89. The van der Waals surface area contributed by atoms with Crippen LogP contribution in [0.2, 0.25) is 0 Å². The number of Topliss-reactive ketones (excluding diaryl/α,β-unsaturated/α-hetero) is 1. The molecule has 1 N–H and O–H groups in total. The molecule has 1 aliphatic carbocycles. The number of fused-ring (bicyclic) bond motifs is 1. The highest BCUT2D eigenvalue weighted by Crippen LogP contribution is 2.41. The molecule has 2 aromatic carbocycles. The van der Waals surface area contributed by atoms with Crippen LogP contribution in [0.3, 0.4) is 0 Å². The minimum absolute atomic E-state index is 0.00802. The van der Waals surface area contributed by atoms with Crippen molar-refractivity contribution in [1.82, 2.24) is 0 Å². The first-order valence-corrected chi connectivity index (χ1v) is 10.4. The number of carbonyl (C=O) groups excluding carboxylic acids is 1. The van der Waals surface area contributed by atoms with Gasteiger partial charge in [0.2, 0.25) is 0 Å². The molecular weight excluding hydrogens is 404 g/mol. The molecule has 3 aromatic rings. The van der Waals surface area contributed by atoms with Crippen molar-refractivity contribution in [2.75, 3.05) is 7.11 Å². The van der Waals surface area contributed by atoms with E-state index >= 15 is 0 Å². The van der Waals surface area contributed by atoms with E-state index in [1.54, 1.807) is 7.11 Å². The fourth-order valence-corrected chi connectivity index (χ4v) is 4.86.